The van der Waals surface area contributed by atoms with Crippen molar-refractivity contribution in [1.29, 1.82) is 0 Å². The largest absolute Gasteiger partial charge is 0.342 e. The van der Waals surface area contributed by atoms with E-state index in [1.807, 2.05) is 0 Å². The number of halogens is 1. The second kappa shape index (κ2) is 7.79. The number of amides is 1. The third-order valence-electron chi connectivity index (χ3n) is 4.33. The summed E-state index contributed by atoms with van der Waals surface area (Å²) in [4.78, 5) is 16.2. The first-order chi connectivity index (χ1) is 9.94. The van der Waals surface area contributed by atoms with Crippen molar-refractivity contribution in [2.24, 2.45) is 5.92 Å². The molecule has 0 bridgehead atoms. The van der Waals surface area contributed by atoms with Gasteiger partial charge in [-0.05, 0) is 38.9 Å². The van der Waals surface area contributed by atoms with Crippen LogP contribution in [0, 0.1) is 5.92 Å². The zero-order valence-corrected chi connectivity index (χ0v) is 14.0. The first-order valence-electron chi connectivity index (χ1n) is 7.86. The molecule has 0 aliphatic carbocycles. The third kappa shape index (κ3) is 6.12. The fourth-order valence-corrected chi connectivity index (χ4v) is 4.63. The summed E-state index contributed by atoms with van der Waals surface area (Å²) >= 11 is 0. The maximum atomic E-state index is 11.9. The maximum absolute atomic E-state index is 11.9. The van der Waals surface area contributed by atoms with E-state index in [4.69, 9.17) is 10.7 Å². The van der Waals surface area contributed by atoms with Gasteiger partial charge in [-0.15, -0.1) is 0 Å². The summed E-state index contributed by atoms with van der Waals surface area (Å²) in [5.74, 6) is -0.169. The Labute approximate surface area is 132 Å². The number of carbonyl (C=O) groups is 1. The van der Waals surface area contributed by atoms with Crippen molar-refractivity contribution in [2.45, 2.75) is 38.5 Å². The van der Waals surface area contributed by atoms with E-state index in [0.29, 0.717) is 13.0 Å². The summed E-state index contributed by atoms with van der Waals surface area (Å²) in [6.07, 6.45) is 6.49. The van der Waals surface area contributed by atoms with Crippen molar-refractivity contribution in [2.75, 3.05) is 38.5 Å². The molecule has 0 aromatic heterocycles. The average Bonchev–Trinajstić information content (AvgIpc) is 2.60. The molecule has 1 atom stereocenters. The van der Waals surface area contributed by atoms with Crippen LogP contribution in [-0.2, 0) is 13.8 Å². The molecule has 21 heavy (non-hydrogen) atoms. The molecule has 7 heteroatoms. The van der Waals surface area contributed by atoms with Crippen molar-refractivity contribution in [3.63, 3.8) is 0 Å². The maximum Gasteiger partial charge on any atom is 0.232 e. The van der Waals surface area contributed by atoms with E-state index in [2.05, 4.69) is 4.90 Å². The number of carbonyl (C=O) groups excluding carboxylic acids is 1. The summed E-state index contributed by atoms with van der Waals surface area (Å²) in [7, 11) is 1.75. The molecule has 2 saturated heterocycles. The highest BCUT2D eigenvalue weighted by molar-refractivity contribution is 8.13. The molecule has 0 saturated carbocycles. The Morgan fingerprint density at radius 3 is 2.38 bits per heavy atom. The lowest BCUT2D eigenvalue weighted by atomic mass is 10.1. The molecular formula is C14H25ClN2O3S. The van der Waals surface area contributed by atoms with E-state index < -0.39 is 9.05 Å². The van der Waals surface area contributed by atoms with Crippen LogP contribution in [-0.4, -0.2) is 62.6 Å². The van der Waals surface area contributed by atoms with Crippen molar-refractivity contribution < 1.29 is 13.2 Å². The lowest BCUT2D eigenvalue weighted by Gasteiger charge is -2.22. The molecule has 0 N–H and O–H groups in total. The number of likely N-dealkylation sites (tertiary alicyclic amines) is 2. The Morgan fingerprint density at radius 2 is 1.76 bits per heavy atom. The molecule has 2 heterocycles. The van der Waals surface area contributed by atoms with Crippen LogP contribution in [0.1, 0.15) is 38.5 Å². The van der Waals surface area contributed by atoms with Gasteiger partial charge in [0, 0.05) is 36.1 Å². The van der Waals surface area contributed by atoms with Gasteiger partial charge in [-0.1, -0.05) is 12.8 Å². The van der Waals surface area contributed by atoms with Crippen LogP contribution in [0.5, 0.6) is 0 Å². The molecule has 1 amide bonds. The van der Waals surface area contributed by atoms with Crippen LogP contribution in [0.25, 0.3) is 0 Å². The Morgan fingerprint density at radius 1 is 1.10 bits per heavy atom. The fourth-order valence-electron chi connectivity index (χ4n) is 3.31. The van der Waals surface area contributed by atoms with E-state index >= 15 is 0 Å². The molecule has 2 fully saturated rings. The van der Waals surface area contributed by atoms with Gasteiger partial charge >= 0.3 is 0 Å². The first kappa shape index (κ1) is 17.0. The van der Waals surface area contributed by atoms with Gasteiger partial charge in [0.2, 0.25) is 15.0 Å². The van der Waals surface area contributed by atoms with Gasteiger partial charge in [0.25, 0.3) is 0 Å². The molecule has 0 aromatic carbocycles. The van der Waals surface area contributed by atoms with Crippen LogP contribution in [0.3, 0.4) is 0 Å². The molecule has 0 radical (unpaired) electrons. The van der Waals surface area contributed by atoms with Crippen LogP contribution >= 0.6 is 10.7 Å². The standard InChI is InChI=1S/C14H25ClN2O3S/c15-21(19,20)12-13-10-14(18)17(11-13)9-5-8-16-6-3-1-2-4-7-16/h13H,1-12H2. The Kier molecular flexibility index (Phi) is 6.32. The second-order valence-electron chi connectivity index (χ2n) is 6.22. The Balaban J connectivity index is 1.69. The topological polar surface area (TPSA) is 57.7 Å². The minimum absolute atomic E-state index is 0.0659. The molecule has 2 aliphatic heterocycles. The lowest BCUT2D eigenvalue weighted by molar-refractivity contribution is -0.127. The minimum Gasteiger partial charge on any atom is -0.342 e. The predicted octanol–water partition coefficient (Wildman–Crippen LogP) is 1.67. The zero-order chi connectivity index (χ0) is 15.3. The van der Waals surface area contributed by atoms with Crippen molar-refractivity contribution >= 4 is 25.6 Å². The van der Waals surface area contributed by atoms with Crippen molar-refractivity contribution in [3.05, 3.63) is 0 Å². The first-order valence-corrected chi connectivity index (χ1v) is 10.3. The van der Waals surface area contributed by atoms with Gasteiger partial charge in [0.05, 0.1) is 5.75 Å². The number of rotatable bonds is 6. The van der Waals surface area contributed by atoms with E-state index in [-0.39, 0.29) is 17.6 Å². The molecule has 1 unspecified atom stereocenters. The molecule has 2 aliphatic rings. The highest BCUT2D eigenvalue weighted by Gasteiger charge is 2.31. The molecule has 0 aromatic rings. The summed E-state index contributed by atoms with van der Waals surface area (Å²) in [5.41, 5.74) is 0. The molecule has 122 valence electrons. The van der Waals surface area contributed by atoms with E-state index in [1.54, 1.807) is 4.90 Å². The normalized spacial score (nSPS) is 25.3. The highest BCUT2D eigenvalue weighted by atomic mass is 35.7. The molecule has 0 spiro atoms. The van der Waals surface area contributed by atoms with Crippen LogP contribution in [0.4, 0.5) is 0 Å². The highest BCUT2D eigenvalue weighted by Crippen LogP contribution is 2.21. The summed E-state index contributed by atoms with van der Waals surface area (Å²) in [5, 5.41) is 0. The van der Waals surface area contributed by atoms with Gasteiger partial charge in [0.15, 0.2) is 0 Å². The molecule has 5 nitrogen and oxygen atoms in total. The predicted molar refractivity (Wildman–Crippen MR) is 83.9 cm³/mol. The van der Waals surface area contributed by atoms with E-state index in [0.717, 1.165) is 19.5 Å². The average molecular weight is 337 g/mol. The van der Waals surface area contributed by atoms with Crippen LogP contribution < -0.4 is 0 Å². The number of nitrogens with zero attached hydrogens (tertiary/aromatic N) is 2. The summed E-state index contributed by atoms with van der Waals surface area (Å²) < 4.78 is 22.2. The Hall–Kier alpha value is -0.330. The monoisotopic (exact) mass is 336 g/mol. The summed E-state index contributed by atoms with van der Waals surface area (Å²) in [6.45, 7) is 4.63. The van der Waals surface area contributed by atoms with E-state index in [9.17, 15) is 13.2 Å². The third-order valence-corrected chi connectivity index (χ3v) is 5.58. The quantitative estimate of drug-likeness (QED) is 0.692. The van der Waals surface area contributed by atoms with Gasteiger partial charge in [-0.2, -0.15) is 0 Å². The molecule has 2 rings (SSSR count). The minimum atomic E-state index is -3.51. The van der Waals surface area contributed by atoms with Gasteiger partial charge < -0.3 is 9.80 Å². The fraction of sp³-hybridized carbons (Fsp3) is 0.929. The zero-order valence-electron chi connectivity index (χ0n) is 12.5. The van der Waals surface area contributed by atoms with Gasteiger partial charge in [-0.3, -0.25) is 4.79 Å². The van der Waals surface area contributed by atoms with Crippen LogP contribution in [0.2, 0.25) is 0 Å². The van der Waals surface area contributed by atoms with Gasteiger partial charge in [0.1, 0.15) is 0 Å². The van der Waals surface area contributed by atoms with Crippen LogP contribution in [0.15, 0.2) is 0 Å². The van der Waals surface area contributed by atoms with Gasteiger partial charge in [-0.25, -0.2) is 8.42 Å². The molecular weight excluding hydrogens is 312 g/mol. The SMILES string of the molecule is O=C1CC(CS(=O)(=O)Cl)CN1CCCN1CCCCCC1. The number of hydrogen-bond acceptors (Lipinski definition) is 4. The van der Waals surface area contributed by atoms with Crippen molar-refractivity contribution in [1.82, 2.24) is 9.80 Å². The van der Waals surface area contributed by atoms with Crippen molar-refractivity contribution in [3.8, 4) is 0 Å². The van der Waals surface area contributed by atoms with E-state index in [1.165, 1.54) is 38.8 Å². The number of hydrogen-bond donors (Lipinski definition) is 0. The lowest BCUT2D eigenvalue weighted by Crippen LogP contribution is -2.31. The second-order valence-corrected chi connectivity index (χ2v) is 9.05. The smallest absolute Gasteiger partial charge is 0.232 e. The Bertz CT molecular complexity index is 447. The summed E-state index contributed by atoms with van der Waals surface area (Å²) in [6, 6.07) is 0.